The van der Waals surface area contributed by atoms with E-state index >= 15 is 0 Å². The molecule has 0 radical (unpaired) electrons. The second-order valence-electron chi connectivity index (χ2n) is 6.72. The maximum Gasteiger partial charge on any atom is 0.325 e. The molecular formula is C17H23N5O2. The fraction of sp³-hybridized carbons (Fsp3) is 0.471. The van der Waals surface area contributed by atoms with E-state index in [0.29, 0.717) is 32.6 Å². The lowest BCUT2D eigenvalue weighted by atomic mass is 9.99. The van der Waals surface area contributed by atoms with Crippen LogP contribution in [0.2, 0.25) is 0 Å². The molecule has 3 rings (SSSR count). The second kappa shape index (κ2) is 6.33. The highest BCUT2D eigenvalue weighted by Gasteiger charge is 2.41. The van der Waals surface area contributed by atoms with E-state index in [2.05, 4.69) is 41.0 Å². The smallest absolute Gasteiger partial charge is 0.325 e. The number of hydrogen-bond donors (Lipinski definition) is 2. The molecule has 1 aliphatic rings. The van der Waals surface area contributed by atoms with Gasteiger partial charge in [-0.05, 0) is 42.5 Å². The molecule has 1 aromatic carbocycles. The van der Waals surface area contributed by atoms with E-state index < -0.39 is 11.5 Å². The van der Waals surface area contributed by atoms with Gasteiger partial charge in [-0.2, -0.15) is 5.10 Å². The van der Waals surface area contributed by atoms with Crippen LogP contribution >= 0.6 is 0 Å². The quantitative estimate of drug-likeness (QED) is 0.847. The molecule has 1 saturated heterocycles. The van der Waals surface area contributed by atoms with Crippen LogP contribution in [0, 0.1) is 13.8 Å². The molecule has 1 aliphatic heterocycles. The van der Waals surface area contributed by atoms with Crippen molar-refractivity contribution in [2.45, 2.75) is 38.9 Å². The summed E-state index contributed by atoms with van der Waals surface area (Å²) < 4.78 is 1.80. The number of aliphatic carboxylic acids is 1. The van der Waals surface area contributed by atoms with Gasteiger partial charge in [0.05, 0.1) is 6.54 Å². The zero-order chi connectivity index (χ0) is 17.3. The molecule has 128 valence electrons. The van der Waals surface area contributed by atoms with Crippen LogP contribution in [0.3, 0.4) is 0 Å². The molecular weight excluding hydrogens is 306 g/mol. The zero-order valence-corrected chi connectivity index (χ0v) is 14.1. The summed E-state index contributed by atoms with van der Waals surface area (Å²) in [4.78, 5) is 17.4. The van der Waals surface area contributed by atoms with Crippen molar-refractivity contribution in [1.82, 2.24) is 19.7 Å². The van der Waals surface area contributed by atoms with Gasteiger partial charge < -0.3 is 10.8 Å². The molecule has 0 bridgehead atoms. The third-order valence-corrected chi connectivity index (χ3v) is 4.79. The predicted octanol–water partition coefficient (Wildman–Crippen LogP) is 0.931. The number of nitrogens with two attached hydrogens (primary N) is 1. The minimum Gasteiger partial charge on any atom is -0.480 e. The maximum atomic E-state index is 11.3. The van der Waals surface area contributed by atoms with Crippen molar-refractivity contribution in [1.29, 1.82) is 0 Å². The molecule has 1 fully saturated rings. The van der Waals surface area contributed by atoms with E-state index in [9.17, 15) is 9.90 Å². The van der Waals surface area contributed by atoms with Crippen LogP contribution in [0.4, 0.5) is 0 Å². The first-order valence-corrected chi connectivity index (χ1v) is 8.03. The summed E-state index contributed by atoms with van der Waals surface area (Å²) in [5, 5.41) is 13.4. The number of aryl methyl sites for hydroxylation is 2. The van der Waals surface area contributed by atoms with Gasteiger partial charge in [-0.1, -0.05) is 12.1 Å². The Labute approximate surface area is 141 Å². The number of carbonyl (C=O) groups is 1. The summed E-state index contributed by atoms with van der Waals surface area (Å²) in [7, 11) is 0. The molecule has 1 atom stereocenters. The van der Waals surface area contributed by atoms with Gasteiger partial charge in [0.2, 0.25) is 0 Å². The van der Waals surface area contributed by atoms with Gasteiger partial charge in [0.25, 0.3) is 0 Å². The molecule has 7 nitrogen and oxygen atoms in total. The number of likely N-dealkylation sites (tertiary alicyclic amines) is 1. The fourth-order valence-corrected chi connectivity index (χ4v) is 3.24. The van der Waals surface area contributed by atoms with Crippen molar-refractivity contribution in [2.24, 2.45) is 5.73 Å². The van der Waals surface area contributed by atoms with Gasteiger partial charge in [0.15, 0.2) is 0 Å². The molecule has 0 spiro atoms. The monoisotopic (exact) mass is 329 g/mol. The van der Waals surface area contributed by atoms with Gasteiger partial charge in [-0.15, -0.1) is 0 Å². The number of carboxylic acids is 1. The van der Waals surface area contributed by atoms with Crippen LogP contribution in [0.1, 0.15) is 28.7 Å². The first-order valence-electron chi connectivity index (χ1n) is 8.03. The molecule has 0 amide bonds. The minimum absolute atomic E-state index is 0.383. The zero-order valence-electron chi connectivity index (χ0n) is 14.1. The topological polar surface area (TPSA) is 97.3 Å². The predicted molar refractivity (Wildman–Crippen MR) is 89.5 cm³/mol. The number of rotatable bonds is 5. The highest BCUT2D eigenvalue weighted by Crippen LogP contribution is 2.24. The Kier molecular flexibility index (Phi) is 4.38. The van der Waals surface area contributed by atoms with E-state index in [1.54, 1.807) is 11.0 Å². The van der Waals surface area contributed by atoms with Gasteiger partial charge >= 0.3 is 5.97 Å². The normalized spacial score (nSPS) is 21.3. The average molecular weight is 329 g/mol. The molecule has 3 N–H and O–H groups in total. The van der Waals surface area contributed by atoms with Crippen molar-refractivity contribution in [3.63, 3.8) is 0 Å². The van der Waals surface area contributed by atoms with E-state index in [1.165, 1.54) is 28.6 Å². The molecule has 24 heavy (non-hydrogen) atoms. The van der Waals surface area contributed by atoms with Crippen LogP contribution in [0.5, 0.6) is 0 Å². The van der Waals surface area contributed by atoms with Crippen molar-refractivity contribution in [3.05, 3.63) is 47.0 Å². The third kappa shape index (κ3) is 3.32. The van der Waals surface area contributed by atoms with Crippen molar-refractivity contribution >= 4 is 5.97 Å². The van der Waals surface area contributed by atoms with Crippen LogP contribution < -0.4 is 5.73 Å². The summed E-state index contributed by atoms with van der Waals surface area (Å²) in [6, 6.07) is 4.36. The van der Waals surface area contributed by atoms with Gasteiger partial charge in [0.1, 0.15) is 18.2 Å². The lowest BCUT2D eigenvalue weighted by Crippen LogP contribution is -2.50. The number of nitrogens with zero attached hydrogens (tertiary/aromatic N) is 4. The lowest BCUT2D eigenvalue weighted by molar-refractivity contribution is -0.142. The lowest BCUT2D eigenvalue weighted by Gasteiger charge is -2.21. The Balaban J connectivity index is 1.77. The Morgan fingerprint density at radius 1 is 1.29 bits per heavy atom. The summed E-state index contributed by atoms with van der Waals surface area (Å²) in [6.07, 6.45) is 3.72. The molecule has 7 heteroatoms. The summed E-state index contributed by atoms with van der Waals surface area (Å²) in [5.74, 6) is -0.919. The Hall–Kier alpha value is -2.25. The SMILES string of the molecule is Cc1cc(C)c(Cn2cncn2)cc1CN1CCC(N)(C(=O)O)C1. The first-order chi connectivity index (χ1) is 11.4. The van der Waals surface area contributed by atoms with Gasteiger partial charge in [0, 0.05) is 19.6 Å². The van der Waals surface area contributed by atoms with Gasteiger partial charge in [-0.3, -0.25) is 9.69 Å². The Morgan fingerprint density at radius 3 is 2.58 bits per heavy atom. The summed E-state index contributed by atoms with van der Waals surface area (Å²) in [5.41, 5.74) is 9.66. The van der Waals surface area contributed by atoms with E-state index in [4.69, 9.17) is 5.73 Å². The third-order valence-electron chi connectivity index (χ3n) is 4.79. The van der Waals surface area contributed by atoms with Crippen LogP contribution in [0.15, 0.2) is 24.8 Å². The Bertz CT molecular complexity index is 744. The number of aromatic nitrogens is 3. The largest absolute Gasteiger partial charge is 0.480 e. The van der Waals surface area contributed by atoms with E-state index in [1.807, 2.05) is 0 Å². The first kappa shape index (κ1) is 16.6. The van der Waals surface area contributed by atoms with Crippen LogP contribution in [-0.2, 0) is 17.9 Å². The van der Waals surface area contributed by atoms with Crippen LogP contribution in [-0.4, -0.2) is 49.4 Å². The fourth-order valence-electron chi connectivity index (χ4n) is 3.24. The number of carboxylic acid groups (broad SMARTS) is 1. The standard InChI is InChI=1S/C17H23N5O2/c1-12-5-13(2)15(8-22-11-19-10-20-22)6-14(12)7-21-4-3-17(18,9-21)16(23)24/h5-6,10-11H,3-4,7-9,18H2,1-2H3,(H,23,24). The highest BCUT2D eigenvalue weighted by molar-refractivity contribution is 5.79. The van der Waals surface area contributed by atoms with Crippen molar-refractivity contribution < 1.29 is 9.90 Å². The Morgan fingerprint density at radius 2 is 2.00 bits per heavy atom. The van der Waals surface area contributed by atoms with Gasteiger partial charge in [-0.25, -0.2) is 9.67 Å². The molecule has 0 aliphatic carbocycles. The number of benzene rings is 1. The minimum atomic E-state index is -1.12. The summed E-state index contributed by atoms with van der Waals surface area (Å²) in [6.45, 7) is 6.65. The van der Waals surface area contributed by atoms with Crippen LogP contribution in [0.25, 0.3) is 0 Å². The highest BCUT2D eigenvalue weighted by atomic mass is 16.4. The number of hydrogen-bond acceptors (Lipinski definition) is 5. The van der Waals surface area contributed by atoms with E-state index in [-0.39, 0.29) is 0 Å². The average Bonchev–Trinajstić information content (AvgIpc) is 3.15. The molecule has 1 aromatic heterocycles. The van der Waals surface area contributed by atoms with Crippen molar-refractivity contribution in [2.75, 3.05) is 13.1 Å². The molecule has 0 saturated carbocycles. The second-order valence-corrected chi connectivity index (χ2v) is 6.72. The van der Waals surface area contributed by atoms with E-state index in [0.717, 1.165) is 0 Å². The molecule has 2 aromatic rings. The molecule has 2 heterocycles. The summed E-state index contributed by atoms with van der Waals surface area (Å²) >= 11 is 0. The molecule has 1 unspecified atom stereocenters. The maximum absolute atomic E-state index is 11.3. The van der Waals surface area contributed by atoms with Crippen molar-refractivity contribution in [3.8, 4) is 0 Å².